The van der Waals surface area contributed by atoms with Crippen LogP contribution in [0.5, 0.6) is 0 Å². The number of rotatable bonds is 23. The molecule has 0 radical (unpaired) electrons. The van der Waals surface area contributed by atoms with E-state index in [0.717, 1.165) is 0 Å². The Morgan fingerprint density at radius 1 is 0.431 bits per heavy atom. The molecule has 0 saturated carbocycles. The highest BCUT2D eigenvalue weighted by Crippen LogP contribution is 2.30. The average molecular weight is 765 g/mol. The number of hydrogen-bond donors (Lipinski definition) is 0. The van der Waals surface area contributed by atoms with Crippen molar-refractivity contribution in [2.75, 3.05) is 39.6 Å². The van der Waals surface area contributed by atoms with E-state index in [9.17, 15) is 91.0 Å². The van der Waals surface area contributed by atoms with Crippen LogP contribution in [0.1, 0.15) is 0 Å². The van der Waals surface area contributed by atoms with E-state index in [1.165, 1.54) is 0 Å². The predicted molar refractivity (Wildman–Crippen MR) is 131 cm³/mol. The summed E-state index contributed by atoms with van der Waals surface area (Å²) >= 11 is 0. The second kappa shape index (κ2) is 22.3. The summed E-state index contributed by atoms with van der Waals surface area (Å²) in [6.45, 7) is -4.08. The van der Waals surface area contributed by atoms with Crippen LogP contribution in [0.3, 0.4) is 0 Å². The van der Waals surface area contributed by atoms with Gasteiger partial charge in [0.05, 0.1) is 13.2 Å². The Kier molecular flexibility index (Phi) is 19.1. The molecule has 0 aromatic rings. The molecule has 0 aliphatic carbocycles. The van der Waals surface area contributed by atoms with Crippen LogP contribution in [0.15, 0.2) is 0 Å². The highest BCUT2D eigenvalue weighted by atomic mass is 17.0. The van der Waals surface area contributed by atoms with Crippen molar-refractivity contribution in [3.63, 3.8) is 0 Å². The molecular weight excluding hydrogens is 746 g/mol. The van der Waals surface area contributed by atoms with Gasteiger partial charge in [-0.2, -0.15) is 0 Å². The lowest BCUT2D eigenvalue weighted by molar-refractivity contribution is -0.818. The zero-order valence-corrected chi connectivity index (χ0v) is 24.1. The normalized spacial score (nSPS) is 19.2. The van der Waals surface area contributed by atoms with Crippen LogP contribution in [0.4, 0.5) is 0 Å². The lowest BCUT2D eigenvalue weighted by Gasteiger charge is -2.21. The quantitative estimate of drug-likeness (QED) is 0.0718. The standard InChI is InChI=1S/C6H8N2O8.C4H6N4O12.C3H5N3O9/c9-7(10)15-3-1-13-6-4(16-8(11)12)2-14-5(3)6;9-5(10)17-1-3(19-7(13)14)4(20-8(15)16)2-18-6(11)12;7-4(8)13-1-3(15-6(11)12)2-14-5(9)10/h3-6H,1-2H2;3-4H,1-2H2;3H,1-2H2/t3-,4+,5-,6-;3-,4+;/m1../s1. The molecule has 0 amide bonds. The van der Waals surface area contributed by atoms with E-state index in [4.69, 9.17) is 9.47 Å². The Morgan fingerprint density at radius 3 is 0.980 bits per heavy atom. The molecule has 2 fully saturated rings. The highest BCUT2D eigenvalue weighted by Gasteiger charge is 2.51. The Hall–Kier alpha value is -7.28. The van der Waals surface area contributed by atoms with E-state index >= 15 is 0 Å². The van der Waals surface area contributed by atoms with E-state index in [-0.39, 0.29) is 13.2 Å². The molecule has 0 bridgehead atoms. The van der Waals surface area contributed by atoms with Gasteiger partial charge in [0.15, 0.2) is 30.5 Å². The van der Waals surface area contributed by atoms with Crippen molar-refractivity contribution in [2.24, 2.45) is 0 Å². The minimum atomic E-state index is -2.00. The van der Waals surface area contributed by atoms with Gasteiger partial charge in [0.1, 0.15) is 38.6 Å². The van der Waals surface area contributed by atoms with Gasteiger partial charge in [0, 0.05) is 0 Å². The molecule has 6 atom stereocenters. The average Bonchev–Trinajstić information content (AvgIpc) is 3.57. The second-order valence-corrected chi connectivity index (χ2v) is 8.09. The maximum atomic E-state index is 10.1. The third-order valence-electron chi connectivity index (χ3n) is 4.92. The highest BCUT2D eigenvalue weighted by molar-refractivity contribution is 4.94. The molecule has 51 heavy (non-hydrogen) atoms. The molecule has 0 aromatic heterocycles. The molecule has 2 rings (SSSR count). The van der Waals surface area contributed by atoms with Crippen LogP contribution in [-0.4, -0.2) is 128 Å². The summed E-state index contributed by atoms with van der Waals surface area (Å²) in [5.74, 6) is 0. The summed E-state index contributed by atoms with van der Waals surface area (Å²) in [6.07, 6.45) is -8.66. The minimum Gasteiger partial charge on any atom is -0.371 e. The lowest BCUT2D eigenvalue weighted by Crippen LogP contribution is -2.42. The first kappa shape index (κ1) is 43.7. The smallest absolute Gasteiger partial charge is 0.294 e. The van der Waals surface area contributed by atoms with E-state index in [0.29, 0.717) is 0 Å². The van der Waals surface area contributed by atoms with E-state index < -0.39 is 115 Å². The monoisotopic (exact) mass is 765 g/mol. The van der Waals surface area contributed by atoms with Crippen LogP contribution < -0.4 is 0 Å². The van der Waals surface area contributed by atoms with E-state index in [2.05, 4.69) is 43.5 Å². The maximum absolute atomic E-state index is 10.1. The fraction of sp³-hybridized carbons (Fsp3) is 1.00. The third-order valence-corrected chi connectivity index (χ3v) is 4.92. The Labute approximate surface area is 273 Å². The summed E-state index contributed by atoms with van der Waals surface area (Å²) in [5.41, 5.74) is 0. The molecule has 38 nitrogen and oxygen atoms in total. The minimum absolute atomic E-state index is 0.0477. The molecule has 2 heterocycles. The Balaban J connectivity index is 0.000000744. The summed E-state index contributed by atoms with van der Waals surface area (Å²) in [6, 6.07) is 0. The van der Waals surface area contributed by atoms with Gasteiger partial charge >= 0.3 is 0 Å². The summed E-state index contributed by atoms with van der Waals surface area (Å²) < 4.78 is 10.2. The van der Waals surface area contributed by atoms with Crippen molar-refractivity contribution >= 4 is 0 Å². The van der Waals surface area contributed by atoms with Crippen LogP contribution in [0.2, 0.25) is 0 Å². The van der Waals surface area contributed by atoms with Crippen molar-refractivity contribution < 1.29 is 98.8 Å². The van der Waals surface area contributed by atoms with E-state index in [1.54, 1.807) is 0 Å². The van der Waals surface area contributed by atoms with Gasteiger partial charge in [-0.15, -0.1) is 91.0 Å². The van der Waals surface area contributed by atoms with Crippen LogP contribution in [0, 0.1) is 91.0 Å². The Bertz CT molecular complexity index is 1150. The predicted octanol–water partition coefficient (Wildman–Crippen LogP) is -3.53. The lowest BCUT2D eigenvalue weighted by atomic mass is 10.1. The number of ether oxygens (including phenoxy) is 2. The van der Waals surface area contributed by atoms with Gasteiger partial charge < -0.3 is 53.0 Å². The van der Waals surface area contributed by atoms with Gasteiger partial charge in [-0.3, -0.25) is 0 Å². The van der Waals surface area contributed by atoms with Gasteiger partial charge in [-0.25, -0.2) is 0 Å². The number of fused-ring (bicyclic) bond motifs is 1. The number of nitrogens with zero attached hydrogens (tertiary/aromatic N) is 9. The zero-order valence-electron chi connectivity index (χ0n) is 24.1. The molecule has 290 valence electrons. The van der Waals surface area contributed by atoms with Crippen molar-refractivity contribution in [1.29, 1.82) is 0 Å². The molecule has 2 aliphatic heterocycles. The van der Waals surface area contributed by atoms with Gasteiger partial charge in [0.2, 0.25) is 0 Å². The SMILES string of the molecule is O=[N+]([O-])OCC(CO[N+](=O)[O-])O[N+](=O)[O-].O=[N+]([O-])OC[C@H](O[N+](=O)[O-])[C@@H](CO[N+](=O)[O-])O[N+](=O)[O-].O=[N+]([O-])O[C@H]1CO[C@H]2[C@@H]1OC[C@H]2O[N+](=O)[O-]. The van der Waals surface area contributed by atoms with Gasteiger partial charge in [-0.1, -0.05) is 0 Å². The largest absolute Gasteiger partial charge is 0.371 e. The summed E-state index contributed by atoms with van der Waals surface area (Å²) in [5, 5.41) is 78.5. The maximum Gasteiger partial charge on any atom is 0.294 e. The van der Waals surface area contributed by atoms with Crippen LogP contribution in [0.25, 0.3) is 0 Å². The second-order valence-electron chi connectivity index (χ2n) is 8.09. The molecule has 0 N–H and O–H groups in total. The molecular formula is C13H19N9O29. The van der Waals surface area contributed by atoms with Crippen molar-refractivity contribution in [3.05, 3.63) is 91.0 Å². The third kappa shape index (κ3) is 20.5. The van der Waals surface area contributed by atoms with Crippen molar-refractivity contribution in [1.82, 2.24) is 0 Å². The fourth-order valence-corrected chi connectivity index (χ4v) is 3.25. The van der Waals surface area contributed by atoms with E-state index in [1.807, 2.05) is 0 Å². The summed E-state index contributed by atoms with van der Waals surface area (Å²) in [7, 11) is 0. The van der Waals surface area contributed by atoms with Crippen LogP contribution >= 0.6 is 0 Å². The number of hydrogen-bond acceptors (Lipinski definition) is 29. The van der Waals surface area contributed by atoms with Gasteiger partial charge in [-0.05, 0) is 0 Å². The molecule has 0 unspecified atom stereocenters. The fourth-order valence-electron chi connectivity index (χ4n) is 3.25. The first-order valence-corrected chi connectivity index (χ1v) is 12.1. The van der Waals surface area contributed by atoms with Gasteiger partial charge in [0.25, 0.3) is 45.8 Å². The molecule has 0 aromatic carbocycles. The Morgan fingerprint density at radius 2 is 0.725 bits per heavy atom. The topological polar surface area (TPSA) is 490 Å². The zero-order chi connectivity index (χ0) is 39.3. The molecule has 2 aliphatic rings. The van der Waals surface area contributed by atoms with Crippen molar-refractivity contribution in [2.45, 2.75) is 42.7 Å². The molecule has 0 spiro atoms. The molecule has 2 saturated heterocycles. The first-order valence-electron chi connectivity index (χ1n) is 12.1. The first-order chi connectivity index (χ1) is 23.7. The molecule has 38 heteroatoms. The summed E-state index contributed by atoms with van der Waals surface area (Å²) in [4.78, 5) is 125. The van der Waals surface area contributed by atoms with Crippen LogP contribution in [-0.2, 0) is 53.0 Å². The van der Waals surface area contributed by atoms with Crippen molar-refractivity contribution in [3.8, 4) is 0 Å².